The molecule has 2 aliphatic rings. The van der Waals surface area contributed by atoms with Crippen LogP contribution in [-0.2, 0) is 0 Å². The number of anilines is 1. The normalized spacial score (nSPS) is 16.8. The second-order valence-electron chi connectivity index (χ2n) is 9.10. The summed E-state index contributed by atoms with van der Waals surface area (Å²) < 4.78 is 16.5. The number of rotatable bonds is 7. The molecule has 184 valence electrons. The Morgan fingerprint density at radius 2 is 1.56 bits per heavy atom. The highest BCUT2D eigenvalue weighted by Crippen LogP contribution is 2.41. The topological polar surface area (TPSA) is 77.0 Å². The molecule has 1 aromatic heterocycles. The van der Waals surface area contributed by atoms with E-state index in [9.17, 15) is 4.79 Å². The average molecular weight is 469 g/mol. The maximum atomic E-state index is 13.6. The first kappa shape index (κ1) is 24.1. The minimum atomic E-state index is 0.00363. The Labute approximate surface area is 202 Å². The molecular formula is C26H36N4O4. The molecule has 0 bridgehead atoms. The van der Waals surface area contributed by atoms with Crippen LogP contribution in [0.1, 0.15) is 61.7 Å². The summed E-state index contributed by atoms with van der Waals surface area (Å²) in [5.74, 6) is 2.84. The molecule has 0 spiro atoms. The van der Waals surface area contributed by atoms with Crippen molar-refractivity contribution in [1.29, 1.82) is 0 Å². The molecule has 1 aliphatic carbocycles. The largest absolute Gasteiger partial charge is 0.493 e. The van der Waals surface area contributed by atoms with Crippen LogP contribution in [0.3, 0.4) is 0 Å². The lowest BCUT2D eigenvalue weighted by Crippen LogP contribution is -2.40. The number of methoxy groups -OCH3 is 3. The van der Waals surface area contributed by atoms with Crippen molar-refractivity contribution in [1.82, 2.24) is 14.9 Å². The first-order chi connectivity index (χ1) is 16.6. The predicted molar refractivity (Wildman–Crippen MR) is 132 cm³/mol. The summed E-state index contributed by atoms with van der Waals surface area (Å²) in [6.07, 6.45) is 10.8. The number of hydrogen-bond acceptors (Lipinski definition) is 7. The van der Waals surface area contributed by atoms with Crippen molar-refractivity contribution in [3.05, 3.63) is 23.9 Å². The fourth-order valence-corrected chi connectivity index (χ4v) is 5.04. The van der Waals surface area contributed by atoms with Gasteiger partial charge in [-0.1, -0.05) is 19.3 Å². The third-order valence-corrected chi connectivity index (χ3v) is 7.02. The van der Waals surface area contributed by atoms with E-state index in [1.54, 1.807) is 27.5 Å². The van der Waals surface area contributed by atoms with Gasteiger partial charge in [0.05, 0.1) is 21.3 Å². The van der Waals surface area contributed by atoms with Crippen molar-refractivity contribution in [2.45, 2.75) is 57.4 Å². The van der Waals surface area contributed by atoms with Crippen LogP contribution in [0.15, 0.2) is 18.3 Å². The van der Waals surface area contributed by atoms with Gasteiger partial charge in [0.15, 0.2) is 17.3 Å². The molecule has 2 heterocycles. The van der Waals surface area contributed by atoms with Crippen LogP contribution in [-0.4, -0.2) is 68.3 Å². The van der Waals surface area contributed by atoms with Gasteiger partial charge in [-0.2, -0.15) is 0 Å². The van der Waals surface area contributed by atoms with Crippen LogP contribution < -0.4 is 19.1 Å². The molecule has 34 heavy (non-hydrogen) atoms. The van der Waals surface area contributed by atoms with Gasteiger partial charge >= 0.3 is 0 Å². The van der Waals surface area contributed by atoms with E-state index in [1.807, 2.05) is 24.1 Å². The molecule has 8 nitrogen and oxygen atoms in total. The smallest absolute Gasteiger partial charge is 0.259 e. The van der Waals surface area contributed by atoms with E-state index < -0.39 is 0 Å². The molecule has 0 N–H and O–H groups in total. The zero-order valence-corrected chi connectivity index (χ0v) is 20.8. The Balaban J connectivity index is 1.74. The maximum Gasteiger partial charge on any atom is 0.259 e. The SMILES string of the molecule is COc1cc(-c2ncc(C(=O)N(C)C3CCCCC3)c(N3CCCCC3)n2)cc(OC)c1OC. The van der Waals surface area contributed by atoms with E-state index in [-0.39, 0.29) is 11.9 Å². The van der Waals surface area contributed by atoms with E-state index in [0.29, 0.717) is 34.5 Å². The summed E-state index contributed by atoms with van der Waals surface area (Å²) in [6.45, 7) is 1.78. The van der Waals surface area contributed by atoms with Crippen molar-refractivity contribution < 1.29 is 19.0 Å². The van der Waals surface area contributed by atoms with Crippen LogP contribution in [0.25, 0.3) is 11.4 Å². The molecule has 1 aromatic carbocycles. The Morgan fingerprint density at radius 1 is 0.941 bits per heavy atom. The van der Waals surface area contributed by atoms with Gasteiger partial charge in [-0.3, -0.25) is 4.79 Å². The highest BCUT2D eigenvalue weighted by Gasteiger charge is 2.28. The molecule has 1 amide bonds. The van der Waals surface area contributed by atoms with Gasteiger partial charge in [0.2, 0.25) is 5.75 Å². The van der Waals surface area contributed by atoms with Gasteiger partial charge in [-0.05, 0) is 44.2 Å². The number of ether oxygens (including phenoxy) is 3. The molecular weight excluding hydrogens is 432 g/mol. The van der Waals surface area contributed by atoms with E-state index in [1.165, 1.54) is 25.7 Å². The summed E-state index contributed by atoms with van der Waals surface area (Å²) in [5.41, 5.74) is 1.32. The number of nitrogens with zero attached hydrogens (tertiary/aromatic N) is 4. The van der Waals surface area contributed by atoms with E-state index in [2.05, 4.69) is 9.88 Å². The highest BCUT2D eigenvalue weighted by molar-refractivity contribution is 5.99. The molecule has 8 heteroatoms. The second-order valence-corrected chi connectivity index (χ2v) is 9.10. The van der Waals surface area contributed by atoms with Gasteiger partial charge < -0.3 is 24.0 Å². The van der Waals surface area contributed by atoms with Crippen molar-refractivity contribution in [3.63, 3.8) is 0 Å². The fraction of sp³-hybridized carbons (Fsp3) is 0.577. The lowest BCUT2D eigenvalue weighted by atomic mass is 9.94. The first-order valence-electron chi connectivity index (χ1n) is 12.3. The maximum absolute atomic E-state index is 13.6. The third kappa shape index (κ3) is 4.91. The highest BCUT2D eigenvalue weighted by atomic mass is 16.5. The second kappa shape index (κ2) is 10.9. The monoisotopic (exact) mass is 468 g/mol. The Hall–Kier alpha value is -3.03. The van der Waals surface area contributed by atoms with Gasteiger partial charge in [0.1, 0.15) is 11.4 Å². The van der Waals surface area contributed by atoms with Crippen molar-refractivity contribution in [3.8, 4) is 28.6 Å². The van der Waals surface area contributed by atoms with Crippen LogP contribution in [0.4, 0.5) is 5.82 Å². The lowest BCUT2D eigenvalue weighted by Gasteiger charge is -2.33. The van der Waals surface area contributed by atoms with Crippen LogP contribution in [0, 0.1) is 0 Å². The summed E-state index contributed by atoms with van der Waals surface area (Å²) in [7, 11) is 6.67. The van der Waals surface area contributed by atoms with Crippen molar-refractivity contribution in [2.24, 2.45) is 0 Å². The zero-order chi connectivity index (χ0) is 24.1. The molecule has 0 atom stereocenters. The number of carbonyl (C=O) groups is 1. The average Bonchev–Trinajstić information content (AvgIpc) is 2.91. The van der Waals surface area contributed by atoms with E-state index in [0.717, 1.165) is 44.3 Å². The first-order valence-corrected chi connectivity index (χ1v) is 12.3. The van der Waals surface area contributed by atoms with E-state index >= 15 is 0 Å². The van der Waals surface area contributed by atoms with Gasteiger partial charge in [0.25, 0.3) is 5.91 Å². The van der Waals surface area contributed by atoms with E-state index in [4.69, 9.17) is 19.2 Å². The Bertz CT molecular complexity index is 975. The number of amides is 1. The van der Waals surface area contributed by atoms with Gasteiger partial charge in [0, 0.05) is 37.9 Å². The molecule has 1 saturated carbocycles. The van der Waals surface area contributed by atoms with Crippen LogP contribution in [0.5, 0.6) is 17.2 Å². The quantitative estimate of drug-likeness (QED) is 0.589. The van der Waals surface area contributed by atoms with Crippen LogP contribution >= 0.6 is 0 Å². The van der Waals surface area contributed by atoms with Crippen molar-refractivity contribution >= 4 is 11.7 Å². The molecule has 2 fully saturated rings. The summed E-state index contributed by atoms with van der Waals surface area (Å²) in [5, 5.41) is 0. The molecule has 0 radical (unpaired) electrons. The lowest BCUT2D eigenvalue weighted by molar-refractivity contribution is 0.0696. The molecule has 2 aromatic rings. The van der Waals surface area contributed by atoms with Gasteiger partial charge in [-0.15, -0.1) is 0 Å². The summed E-state index contributed by atoms with van der Waals surface area (Å²) in [4.78, 5) is 27.3. The minimum absolute atomic E-state index is 0.00363. The predicted octanol–water partition coefficient (Wildman–Crippen LogP) is 4.56. The van der Waals surface area contributed by atoms with Gasteiger partial charge in [-0.25, -0.2) is 9.97 Å². The number of hydrogen-bond donors (Lipinski definition) is 0. The Kier molecular flexibility index (Phi) is 7.75. The molecule has 0 unspecified atom stereocenters. The zero-order valence-electron chi connectivity index (χ0n) is 20.8. The number of aromatic nitrogens is 2. The Morgan fingerprint density at radius 3 is 2.15 bits per heavy atom. The molecule has 1 saturated heterocycles. The summed E-state index contributed by atoms with van der Waals surface area (Å²) >= 11 is 0. The standard InChI is InChI=1S/C26H36N4O4/c1-29(19-11-7-5-8-12-19)26(31)20-17-27-24(28-25(20)30-13-9-6-10-14-30)18-15-21(32-2)23(34-4)22(16-18)33-3/h15-17,19H,5-14H2,1-4H3. The molecule has 4 rings (SSSR count). The third-order valence-electron chi connectivity index (χ3n) is 7.02. The van der Waals surface area contributed by atoms with Crippen molar-refractivity contribution in [2.75, 3.05) is 46.4 Å². The van der Waals surface area contributed by atoms with Crippen LogP contribution in [0.2, 0.25) is 0 Å². The minimum Gasteiger partial charge on any atom is -0.493 e. The molecule has 1 aliphatic heterocycles. The fourth-order valence-electron chi connectivity index (χ4n) is 5.04. The summed E-state index contributed by atoms with van der Waals surface area (Å²) in [6, 6.07) is 3.96. The number of carbonyl (C=O) groups excluding carboxylic acids is 1. The number of piperidine rings is 1. The number of benzene rings is 1.